The SMILES string of the molecule is CC(=O)O.Cc1nc2ccccc2c(=O)[nH]1. The van der Waals surface area contributed by atoms with Crippen LogP contribution in [0.25, 0.3) is 10.9 Å². The van der Waals surface area contributed by atoms with E-state index >= 15 is 0 Å². The highest BCUT2D eigenvalue weighted by molar-refractivity contribution is 5.77. The summed E-state index contributed by atoms with van der Waals surface area (Å²) in [6.07, 6.45) is 0. The van der Waals surface area contributed by atoms with Gasteiger partial charge in [-0.3, -0.25) is 9.59 Å². The predicted octanol–water partition coefficient (Wildman–Crippen LogP) is 1.32. The molecule has 0 atom stereocenters. The number of carbonyl (C=O) groups is 1. The molecule has 0 aliphatic heterocycles. The second-order valence-electron chi connectivity index (χ2n) is 3.19. The lowest BCUT2D eigenvalue weighted by Crippen LogP contribution is -2.09. The van der Waals surface area contributed by atoms with Gasteiger partial charge >= 0.3 is 0 Å². The monoisotopic (exact) mass is 220 g/mol. The number of benzene rings is 1. The maximum Gasteiger partial charge on any atom is 0.300 e. The summed E-state index contributed by atoms with van der Waals surface area (Å²) < 4.78 is 0. The molecule has 2 N–H and O–H groups in total. The Balaban J connectivity index is 0.000000280. The van der Waals surface area contributed by atoms with Crippen molar-refractivity contribution in [2.24, 2.45) is 0 Å². The molecule has 1 heterocycles. The Morgan fingerprint density at radius 2 is 1.94 bits per heavy atom. The zero-order chi connectivity index (χ0) is 12.1. The number of aromatic amines is 1. The van der Waals surface area contributed by atoms with Crippen molar-refractivity contribution >= 4 is 16.9 Å². The molecule has 0 radical (unpaired) electrons. The molecule has 2 rings (SSSR count). The molecule has 16 heavy (non-hydrogen) atoms. The number of nitrogens with zero attached hydrogens (tertiary/aromatic N) is 1. The third kappa shape index (κ3) is 3.20. The summed E-state index contributed by atoms with van der Waals surface area (Å²) >= 11 is 0. The number of nitrogens with one attached hydrogen (secondary N) is 1. The highest BCUT2D eigenvalue weighted by Crippen LogP contribution is 2.04. The van der Waals surface area contributed by atoms with Crippen LogP contribution >= 0.6 is 0 Å². The van der Waals surface area contributed by atoms with Crippen molar-refractivity contribution in [3.05, 3.63) is 40.4 Å². The van der Waals surface area contributed by atoms with Gasteiger partial charge in [-0.25, -0.2) is 4.98 Å². The zero-order valence-corrected chi connectivity index (χ0v) is 9.02. The van der Waals surface area contributed by atoms with Crippen molar-refractivity contribution in [1.82, 2.24) is 9.97 Å². The standard InChI is InChI=1S/C9H8N2O.C2H4O2/c1-6-10-8-5-3-2-4-7(8)9(12)11-6;1-2(3)4/h2-5H,1H3,(H,10,11,12);1H3,(H,3,4). The van der Waals surface area contributed by atoms with Crippen LogP contribution in [0, 0.1) is 6.92 Å². The average Bonchev–Trinajstić information content (AvgIpc) is 2.16. The summed E-state index contributed by atoms with van der Waals surface area (Å²) in [6.45, 7) is 2.86. The highest BCUT2D eigenvalue weighted by atomic mass is 16.4. The lowest BCUT2D eigenvalue weighted by molar-refractivity contribution is -0.134. The molecule has 0 aliphatic rings. The van der Waals surface area contributed by atoms with Crippen LogP contribution in [-0.4, -0.2) is 21.0 Å². The third-order valence-electron chi connectivity index (χ3n) is 1.73. The van der Waals surface area contributed by atoms with E-state index in [0.29, 0.717) is 11.2 Å². The number of fused-ring (bicyclic) bond motifs is 1. The maximum absolute atomic E-state index is 11.3. The maximum atomic E-state index is 11.3. The summed E-state index contributed by atoms with van der Waals surface area (Å²) in [6, 6.07) is 7.29. The van der Waals surface area contributed by atoms with Gasteiger partial charge in [0.05, 0.1) is 10.9 Å². The Kier molecular flexibility index (Phi) is 3.77. The van der Waals surface area contributed by atoms with Gasteiger partial charge in [-0.15, -0.1) is 0 Å². The topological polar surface area (TPSA) is 83.0 Å². The number of aliphatic carboxylic acids is 1. The zero-order valence-electron chi connectivity index (χ0n) is 9.02. The van der Waals surface area contributed by atoms with E-state index in [4.69, 9.17) is 9.90 Å². The number of carboxylic acid groups (broad SMARTS) is 1. The molecule has 5 nitrogen and oxygen atoms in total. The molecule has 5 heteroatoms. The minimum atomic E-state index is -0.833. The number of aryl methyl sites for hydroxylation is 1. The van der Waals surface area contributed by atoms with Crippen LogP contribution in [0.4, 0.5) is 0 Å². The van der Waals surface area contributed by atoms with Gasteiger partial charge < -0.3 is 10.1 Å². The number of carboxylic acids is 1. The Morgan fingerprint density at radius 1 is 1.38 bits per heavy atom. The minimum absolute atomic E-state index is 0.0712. The number of hydrogen-bond donors (Lipinski definition) is 2. The molecule has 0 spiro atoms. The first-order valence-corrected chi connectivity index (χ1v) is 4.66. The fourth-order valence-corrected chi connectivity index (χ4v) is 1.20. The van der Waals surface area contributed by atoms with Gasteiger partial charge in [-0.05, 0) is 19.1 Å². The number of para-hydroxylation sites is 1. The van der Waals surface area contributed by atoms with Gasteiger partial charge in [0.1, 0.15) is 5.82 Å². The second-order valence-corrected chi connectivity index (χ2v) is 3.19. The Labute approximate surface area is 91.8 Å². The minimum Gasteiger partial charge on any atom is -0.481 e. The van der Waals surface area contributed by atoms with Gasteiger partial charge in [-0.2, -0.15) is 0 Å². The number of rotatable bonds is 0. The van der Waals surface area contributed by atoms with E-state index in [2.05, 4.69) is 9.97 Å². The fraction of sp³-hybridized carbons (Fsp3) is 0.182. The first-order valence-electron chi connectivity index (χ1n) is 4.66. The van der Waals surface area contributed by atoms with Crippen LogP contribution in [0.3, 0.4) is 0 Å². The molecule has 84 valence electrons. The molecule has 1 aromatic carbocycles. The van der Waals surface area contributed by atoms with Gasteiger partial charge in [0.25, 0.3) is 11.5 Å². The van der Waals surface area contributed by atoms with Crippen LogP contribution in [0.2, 0.25) is 0 Å². The van der Waals surface area contributed by atoms with Gasteiger partial charge in [-0.1, -0.05) is 12.1 Å². The van der Waals surface area contributed by atoms with E-state index in [0.717, 1.165) is 12.4 Å². The van der Waals surface area contributed by atoms with Crippen molar-refractivity contribution < 1.29 is 9.90 Å². The third-order valence-corrected chi connectivity index (χ3v) is 1.73. The van der Waals surface area contributed by atoms with Crippen molar-refractivity contribution in [3.63, 3.8) is 0 Å². The van der Waals surface area contributed by atoms with Gasteiger partial charge in [0, 0.05) is 6.92 Å². The van der Waals surface area contributed by atoms with Crippen LogP contribution in [0.1, 0.15) is 12.7 Å². The quantitative estimate of drug-likeness (QED) is 0.701. The lowest BCUT2D eigenvalue weighted by Gasteiger charge is -1.95. The van der Waals surface area contributed by atoms with E-state index in [1.807, 2.05) is 18.2 Å². The van der Waals surface area contributed by atoms with E-state index in [1.165, 1.54) is 0 Å². The Bertz CT molecular complexity index is 556. The normalized spacial score (nSPS) is 9.38. The van der Waals surface area contributed by atoms with Crippen molar-refractivity contribution in [2.45, 2.75) is 13.8 Å². The number of H-pyrrole nitrogens is 1. The molecule has 1 aromatic heterocycles. The molecule has 0 aliphatic carbocycles. The number of aromatic nitrogens is 2. The molecular weight excluding hydrogens is 208 g/mol. The smallest absolute Gasteiger partial charge is 0.300 e. The van der Waals surface area contributed by atoms with Crippen molar-refractivity contribution in [3.8, 4) is 0 Å². The fourth-order valence-electron chi connectivity index (χ4n) is 1.20. The van der Waals surface area contributed by atoms with Crippen LogP contribution in [0.15, 0.2) is 29.1 Å². The van der Waals surface area contributed by atoms with E-state index < -0.39 is 5.97 Å². The molecule has 0 saturated heterocycles. The highest BCUT2D eigenvalue weighted by Gasteiger charge is 1.97. The molecule has 0 amide bonds. The summed E-state index contributed by atoms with van der Waals surface area (Å²) in [7, 11) is 0. The van der Waals surface area contributed by atoms with Crippen molar-refractivity contribution in [1.29, 1.82) is 0 Å². The first-order chi connectivity index (χ1) is 7.50. The van der Waals surface area contributed by atoms with Crippen LogP contribution in [0.5, 0.6) is 0 Å². The summed E-state index contributed by atoms with van der Waals surface area (Å²) in [5.74, 6) is -0.182. The van der Waals surface area contributed by atoms with Gasteiger partial charge in [0.15, 0.2) is 0 Å². The second kappa shape index (κ2) is 5.06. The van der Waals surface area contributed by atoms with Gasteiger partial charge in [0.2, 0.25) is 0 Å². The summed E-state index contributed by atoms with van der Waals surface area (Å²) in [5, 5.41) is 8.06. The van der Waals surface area contributed by atoms with Crippen molar-refractivity contribution in [2.75, 3.05) is 0 Å². The Hall–Kier alpha value is -2.17. The number of hydrogen-bond acceptors (Lipinski definition) is 3. The summed E-state index contributed by atoms with van der Waals surface area (Å²) in [5.41, 5.74) is 0.678. The lowest BCUT2D eigenvalue weighted by atomic mass is 10.2. The summed E-state index contributed by atoms with van der Waals surface area (Å²) in [4.78, 5) is 27.1. The van der Waals surface area contributed by atoms with Crippen LogP contribution in [-0.2, 0) is 4.79 Å². The molecule has 0 fully saturated rings. The van der Waals surface area contributed by atoms with E-state index in [-0.39, 0.29) is 5.56 Å². The molecule has 0 saturated carbocycles. The average molecular weight is 220 g/mol. The van der Waals surface area contributed by atoms with E-state index in [9.17, 15) is 4.79 Å². The first kappa shape index (κ1) is 11.9. The molecule has 2 aromatic rings. The van der Waals surface area contributed by atoms with Crippen LogP contribution < -0.4 is 5.56 Å². The Morgan fingerprint density at radius 3 is 2.56 bits per heavy atom. The molecule has 0 bridgehead atoms. The largest absolute Gasteiger partial charge is 0.481 e. The van der Waals surface area contributed by atoms with E-state index in [1.54, 1.807) is 13.0 Å². The molecular formula is C11H12N2O3. The predicted molar refractivity (Wildman–Crippen MR) is 60.4 cm³/mol. The molecule has 0 unspecified atom stereocenters.